The molecule has 2 aromatic carbocycles. The number of fused-ring (bicyclic) bond motifs is 1. The number of aromatic nitrogens is 1. The monoisotopic (exact) mass is 492 g/mol. The van der Waals surface area contributed by atoms with Crippen LogP contribution in [0.5, 0.6) is 0 Å². The van der Waals surface area contributed by atoms with Crippen molar-refractivity contribution < 1.29 is 13.9 Å². The predicted octanol–water partition coefficient (Wildman–Crippen LogP) is 5.06. The topological polar surface area (TPSA) is 82.6 Å². The van der Waals surface area contributed by atoms with Crippen LogP contribution in [0.25, 0.3) is 33.6 Å². The van der Waals surface area contributed by atoms with Gasteiger partial charge < -0.3 is 14.1 Å². The first kappa shape index (κ1) is 23.4. The highest BCUT2D eigenvalue weighted by Gasteiger charge is 2.50. The van der Waals surface area contributed by atoms with Gasteiger partial charge in [0.05, 0.1) is 24.8 Å². The summed E-state index contributed by atoms with van der Waals surface area (Å²) < 4.78 is 11.9. The van der Waals surface area contributed by atoms with E-state index in [1.54, 1.807) is 37.3 Å². The minimum absolute atomic E-state index is 0.0427. The number of amides is 1. The van der Waals surface area contributed by atoms with Crippen molar-refractivity contribution in [3.63, 3.8) is 0 Å². The van der Waals surface area contributed by atoms with Gasteiger partial charge in [-0.05, 0) is 48.2 Å². The minimum Gasteiger partial charge on any atom is -0.454 e. The lowest BCUT2D eigenvalue weighted by molar-refractivity contribution is 0.00829. The third-order valence-corrected chi connectivity index (χ3v) is 7.53. The maximum absolute atomic E-state index is 12.2. The van der Waals surface area contributed by atoms with Gasteiger partial charge in [0.15, 0.2) is 5.58 Å². The number of nitriles is 1. The van der Waals surface area contributed by atoms with Gasteiger partial charge in [0.1, 0.15) is 11.3 Å². The number of rotatable bonds is 5. The molecule has 2 aromatic heterocycles. The van der Waals surface area contributed by atoms with Crippen molar-refractivity contribution in [2.45, 2.75) is 18.4 Å². The summed E-state index contributed by atoms with van der Waals surface area (Å²) in [4.78, 5) is 20.8. The summed E-state index contributed by atoms with van der Waals surface area (Å²) in [6, 6.07) is 19.9. The van der Waals surface area contributed by atoms with E-state index in [9.17, 15) is 10.1 Å². The van der Waals surface area contributed by atoms with Crippen molar-refractivity contribution in [1.29, 1.82) is 5.26 Å². The fourth-order valence-corrected chi connectivity index (χ4v) is 5.42. The number of carbonyl (C=O) groups is 1. The van der Waals surface area contributed by atoms with Crippen LogP contribution in [0, 0.1) is 11.3 Å². The van der Waals surface area contributed by atoms with Gasteiger partial charge in [-0.1, -0.05) is 24.3 Å². The van der Waals surface area contributed by atoms with E-state index >= 15 is 0 Å². The molecule has 0 N–H and O–H groups in total. The summed E-state index contributed by atoms with van der Waals surface area (Å²) in [5, 5.41) is 10.1. The molecular formula is C30H28N4O3. The number of hydrogen-bond acceptors (Lipinski definition) is 6. The van der Waals surface area contributed by atoms with Crippen LogP contribution in [0.2, 0.25) is 0 Å². The molecule has 0 unspecified atom stereocenters. The van der Waals surface area contributed by atoms with Crippen LogP contribution in [-0.4, -0.2) is 61.1 Å². The summed E-state index contributed by atoms with van der Waals surface area (Å²) >= 11 is 0. The molecule has 0 atom stereocenters. The van der Waals surface area contributed by atoms with Crippen molar-refractivity contribution >= 4 is 17.0 Å². The summed E-state index contributed by atoms with van der Waals surface area (Å²) in [6.45, 7) is 3.28. The average molecular weight is 493 g/mol. The van der Waals surface area contributed by atoms with E-state index in [-0.39, 0.29) is 11.4 Å². The standard InChI is InChI=1S/C30H28N4O3/c1-33(2)29(35)21-5-3-20(4-6-21)27-18-26-28(37-27)24(9-12-32-26)22-7-8-25(23(17-22)19-31)30(10-11-30)34-13-15-36-16-14-34/h3-9,12,17-18H,10-11,13-16H2,1-2H3. The Hall–Kier alpha value is -3.99. The van der Waals surface area contributed by atoms with Gasteiger partial charge in [-0.25, -0.2) is 0 Å². The second-order valence-corrected chi connectivity index (χ2v) is 9.96. The zero-order valence-corrected chi connectivity index (χ0v) is 21.0. The molecule has 0 bridgehead atoms. The SMILES string of the molecule is CN(C)C(=O)c1ccc(-c2cc3nccc(-c4ccc(C5(N6CCOCC6)CC5)c(C#N)c4)c3o2)cc1. The van der Waals surface area contributed by atoms with E-state index in [1.165, 1.54) is 0 Å². The van der Waals surface area contributed by atoms with Crippen LogP contribution >= 0.6 is 0 Å². The van der Waals surface area contributed by atoms with Gasteiger partial charge in [-0.15, -0.1) is 0 Å². The zero-order valence-electron chi connectivity index (χ0n) is 21.0. The highest BCUT2D eigenvalue weighted by atomic mass is 16.5. The first-order valence-electron chi connectivity index (χ1n) is 12.6. The van der Waals surface area contributed by atoms with Crippen molar-refractivity contribution in [2.24, 2.45) is 0 Å². The van der Waals surface area contributed by atoms with E-state index in [2.05, 4.69) is 28.1 Å². The number of furan rings is 1. The molecule has 1 aliphatic heterocycles. The highest BCUT2D eigenvalue weighted by molar-refractivity contribution is 5.95. The van der Waals surface area contributed by atoms with Crippen LogP contribution in [0.1, 0.15) is 34.3 Å². The van der Waals surface area contributed by atoms with Gasteiger partial charge in [-0.2, -0.15) is 5.26 Å². The number of pyridine rings is 1. The molecule has 7 nitrogen and oxygen atoms in total. The maximum Gasteiger partial charge on any atom is 0.253 e. The first-order chi connectivity index (χ1) is 18.0. The molecule has 37 heavy (non-hydrogen) atoms. The third kappa shape index (κ3) is 4.08. The average Bonchev–Trinajstić information content (AvgIpc) is 3.63. The van der Waals surface area contributed by atoms with Crippen molar-refractivity contribution in [2.75, 3.05) is 40.4 Å². The van der Waals surface area contributed by atoms with E-state index < -0.39 is 0 Å². The van der Waals surface area contributed by atoms with Gasteiger partial charge in [0, 0.05) is 61.7 Å². The molecule has 1 saturated carbocycles. The van der Waals surface area contributed by atoms with Crippen molar-refractivity contribution in [1.82, 2.24) is 14.8 Å². The summed E-state index contributed by atoms with van der Waals surface area (Å²) in [6.07, 6.45) is 3.91. The van der Waals surface area contributed by atoms with E-state index in [0.717, 1.165) is 66.9 Å². The smallest absolute Gasteiger partial charge is 0.253 e. The number of carbonyl (C=O) groups excluding carboxylic acids is 1. The summed E-state index contributed by atoms with van der Waals surface area (Å²) in [5.41, 5.74) is 6.52. The Morgan fingerprint density at radius 2 is 1.76 bits per heavy atom. The van der Waals surface area contributed by atoms with Crippen LogP contribution in [0.4, 0.5) is 0 Å². The Kier molecular flexibility index (Phi) is 5.79. The quantitative estimate of drug-likeness (QED) is 0.387. The predicted molar refractivity (Wildman–Crippen MR) is 141 cm³/mol. The molecule has 3 heterocycles. The molecule has 2 aliphatic rings. The summed E-state index contributed by atoms with van der Waals surface area (Å²) in [7, 11) is 3.47. The molecule has 2 fully saturated rings. The van der Waals surface area contributed by atoms with Crippen molar-refractivity contribution in [3.8, 4) is 28.5 Å². The molecule has 1 aliphatic carbocycles. The second-order valence-electron chi connectivity index (χ2n) is 9.96. The third-order valence-electron chi connectivity index (χ3n) is 7.53. The number of nitrogens with zero attached hydrogens (tertiary/aromatic N) is 4. The lowest BCUT2D eigenvalue weighted by Crippen LogP contribution is -2.44. The molecule has 186 valence electrons. The van der Waals surface area contributed by atoms with Crippen LogP contribution < -0.4 is 0 Å². The number of hydrogen-bond donors (Lipinski definition) is 0. The zero-order chi connectivity index (χ0) is 25.6. The Bertz CT molecular complexity index is 1520. The second kappa shape index (κ2) is 9.15. The molecule has 0 radical (unpaired) electrons. The van der Waals surface area contributed by atoms with Gasteiger partial charge in [0.25, 0.3) is 5.91 Å². The van der Waals surface area contributed by atoms with Crippen LogP contribution in [0.15, 0.2) is 65.2 Å². The van der Waals surface area contributed by atoms with E-state index in [4.69, 9.17) is 9.15 Å². The van der Waals surface area contributed by atoms with Crippen LogP contribution in [0.3, 0.4) is 0 Å². The number of morpholine rings is 1. The van der Waals surface area contributed by atoms with Gasteiger partial charge in [-0.3, -0.25) is 14.7 Å². The highest BCUT2D eigenvalue weighted by Crippen LogP contribution is 2.52. The van der Waals surface area contributed by atoms with E-state index in [1.807, 2.05) is 30.3 Å². The van der Waals surface area contributed by atoms with Crippen LogP contribution in [-0.2, 0) is 10.3 Å². The Labute approximate surface area is 215 Å². The molecule has 1 saturated heterocycles. The first-order valence-corrected chi connectivity index (χ1v) is 12.6. The number of ether oxygens (including phenoxy) is 1. The molecule has 4 aromatic rings. The molecule has 0 spiro atoms. The largest absolute Gasteiger partial charge is 0.454 e. The molecular weight excluding hydrogens is 464 g/mol. The van der Waals surface area contributed by atoms with Gasteiger partial charge in [0.2, 0.25) is 0 Å². The Morgan fingerprint density at radius 3 is 2.43 bits per heavy atom. The lowest BCUT2D eigenvalue weighted by atomic mass is 9.93. The molecule has 6 rings (SSSR count). The normalized spacial score (nSPS) is 16.9. The maximum atomic E-state index is 12.2. The van der Waals surface area contributed by atoms with Crippen molar-refractivity contribution in [3.05, 3.63) is 77.5 Å². The molecule has 7 heteroatoms. The number of benzene rings is 2. The minimum atomic E-state index is -0.0431. The Morgan fingerprint density at radius 1 is 1.03 bits per heavy atom. The van der Waals surface area contributed by atoms with Gasteiger partial charge >= 0.3 is 0 Å². The lowest BCUT2D eigenvalue weighted by Gasteiger charge is -2.35. The summed E-state index contributed by atoms with van der Waals surface area (Å²) in [5.74, 6) is 0.638. The fourth-order valence-electron chi connectivity index (χ4n) is 5.42. The van der Waals surface area contributed by atoms with E-state index in [0.29, 0.717) is 22.5 Å². The fraction of sp³-hybridized carbons (Fsp3) is 0.300. The molecule has 1 amide bonds. The Balaban J connectivity index is 1.35.